The van der Waals surface area contributed by atoms with Crippen molar-refractivity contribution in [3.63, 3.8) is 0 Å². The zero-order valence-corrected chi connectivity index (χ0v) is 16.1. The minimum absolute atomic E-state index is 0.335. The second-order valence-corrected chi connectivity index (χ2v) is 7.09. The fourth-order valence-electron chi connectivity index (χ4n) is 2.99. The number of hydrogen-bond donors (Lipinski definition) is 1. The van der Waals surface area contributed by atoms with Crippen molar-refractivity contribution in [2.24, 2.45) is 5.92 Å². The largest absolute Gasteiger partial charge is 0.497 e. The molecule has 1 N–H and O–H groups in total. The van der Waals surface area contributed by atoms with E-state index in [1.165, 1.54) is 5.56 Å². The quantitative estimate of drug-likeness (QED) is 0.665. The Hall–Kier alpha value is -1.88. The van der Waals surface area contributed by atoms with Crippen LogP contribution in [-0.4, -0.2) is 42.9 Å². The third-order valence-corrected chi connectivity index (χ3v) is 4.05. The van der Waals surface area contributed by atoms with Gasteiger partial charge in [0, 0.05) is 19.6 Å². The van der Waals surface area contributed by atoms with Crippen molar-refractivity contribution in [2.45, 2.75) is 33.1 Å². The predicted molar refractivity (Wildman–Crippen MR) is 105 cm³/mol. The highest BCUT2D eigenvalue weighted by molar-refractivity contribution is 5.28. The molecule has 0 saturated heterocycles. The Kier molecular flexibility index (Phi) is 8.62. The third kappa shape index (κ3) is 7.56. The smallest absolute Gasteiger partial charge is 0.119 e. The molecule has 0 aliphatic rings. The lowest BCUT2D eigenvalue weighted by molar-refractivity contribution is 0.00678. The van der Waals surface area contributed by atoms with Crippen LogP contribution in [0.1, 0.15) is 25.0 Å². The maximum atomic E-state index is 10.4. The highest BCUT2D eigenvalue weighted by atomic mass is 16.5. The molecule has 0 aromatic heterocycles. The van der Waals surface area contributed by atoms with Gasteiger partial charge in [0.25, 0.3) is 0 Å². The van der Waals surface area contributed by atoms with Gasteiger partial charge < -0.3 is 14.6 Å². The predicted octanol–water partition coefficient (Wildman–Crippen LogP) is 3.73. The van der Waals surface area contributed by atoms with Gasteiger partial charge in [-0.25, -0.2) is 0 Å². The molecule has 0 heterocycles. The zero-order valence-electron chi connectivity index (χ0n) is 16.1. The van der Waals surface area contributed by atoms with Crippen molar-refractivity contribution in [3.05, 3.63) is 65.7 Å². The van der Waals surface area contributed by atoms with E-state index in [1.54, 1.807) is 7.11 Å². The molecule has 0 aliphatic carbocycles. The van der Waals surface area contributed by atoms with Gasteiger partial charge in [0.15, 0.2) is 0 Å². The lowest BCUT2D eigenvalue weighted by Crippen LogP contribution is -2.36. The molecule has 0 bridgehead atoms. The number of benzene rings is 2. The van der Waals surface area contributed by atoms with E-state index in [2.05, 4.69) is 24.8 Å². The number of hydrogen-bond acceptors (Lipinski definition) is 4. The molecule has 26 heavy (non-hydrogen) atoms. The Morgan fingerprint density at radius 2 is 1.69 bits per heavy atom. The topological polar surface area (TPSA) is 41.9 Å². The van der Waals surface area contributed by atoms with Crippen LogP contribution in [0.2, 0.25) is 0 Å². The molecule has 0 aliphatic heterocycles. The first kappa shape index (κ1) is 20.4. The van der Waals surface area contributed by atoms with E-state index in [1.807, 2.05) is 48.5 Å². The van der Waals surface area contributed by atoms with Crippen LogP contribution in [0, 0.1) is 5.92 Å². The molecule has 0 saturated carbocycles. The SMILES string of the molecule is COc1cccc(CN(CC(C)C)C[C@@H](O)COCc2ccccc2)c1. The summed E-state index contributed by atoms with van der Waals surface area (Å²) in [4.78, 5) is 2.27. The van der Waals surface area contributed by atoms with Crippen LogP contribution in [0.5, 0.6) is 5.75 Å². The van der Waals surface area contributed by atoms with Crippen molar-refractivity contribution in [1.82, 2.24) is 4.90 Å². The molecule has 0 fully saturated rings. The molecule has 142 valence electrons. The van der Waals surface area contributed by atoms with Crippen LogP contribution < -0.4 is 4.74 Å². The second-order valence-electron chi connectivity index (χ2n) is 7.09. The van der Waals surface area contributed by atoms with Crippen LogP contribution >= 0.6 is 0 Å². The summed E-state index contributed by atoms with van der Waals surface area (Å²) in [7, 11) is 1.68. The Morgan fingerprint density at radius 1 is 0.962 bits per heavy atom. The highest BCUT2D eigenvalue weighted by Gasteiger charge is 2.14. The van der Waals surface area contributed by atoms with E-state index < -0.39 is 6.10 Å². The number of ether oxygens (including phenoxy) is 2. The van der Waals surface area contributed by atoms with Crippen molar-refractivity contribution >= 4 is 0 Å². The van der Waals surface area contributed by atoms with Crippen LogP contribution in [0.15, 0.2) is 54.6 Å². The summed E-state index contributed by atoms with van der Waals surface area (Å²) in [5.41, 5.74) is 2.30. The molecular weight excluding hydrogens is 326 g/mol. The highest BCUT2D eigenvalue weighted by Crippen LogP contribution is 2.15. The van der Waals surface area contributed by atoms with E-state index in [0.29, 0.717) is 25.7 Å². The Labute approximate surface area is 157 Å². The monoisotopic (exact) mass is 357 g/mol. The summed E-state index contributed by atoms with van der Waals surface area (Å²) in [6.45, 7) is 7.54. The molecule has 2 aromatic rings. The Bertz CT molecular complexity index is 630. The number of rotatable bonds is 11. The van der Waals surface area contributed by atoms with Crippen LogP contribution in [0.3, 0.4) is 0 Å². The van der Waals surface area contributed by atoms with Crippen molar-refractivity contribution in [1.29, 1.82) is 0 Å². The van der Waals surface area contributed by atoms with E-state index in [4.69, 9.17) is 9.47 Å². The summed E-state index contributed by atoms with van der Waals surface area (Å²) in [6.07, 6.45) is -0.511. The van der Waals surface area contributed by atoms with E-state index in [-0.39, 0.29) is 0 Å². The van der Waals surface area contributed by atoms with Crippen molar-refractivity contribution < 1.29 is 14.6 Å². The molecular formula is C22H31NO3. The van der Waals surface area contributed by atoms with Gasteiger partial charge >= 0.3 is 0 Å². The molecule has 0 amide bonds. The van der Waals surface area contributed by atoms with Gasteiger partial charge in [-0.1, -0.05) is 56.3 Å². The molecule has 2 rings (SSSR count). The zero-order chi connectivity index (χ0) is 18.8. The normalized spacial score (nSPS) is 12.5. The summed E-state index contributed by atoms with van der Waals surface area (Å²) in [5, 5.41) is 10.4. The first-order valence-electron chi connectivity index (χ1n) is 9.22. The maximum Gasteiger partial charge on any atom is 0.119 e. The minimum Gasteiger partial charge on any atom is -0.497 e. The molecule has 4 nitrogen and oxygen atoms in total. The summed E-state index contributed by atoms with van der Waals surface area (Å²) in [5.74, 6) is 1.39. The van der Waals surface area contributed by atoms with Gasteiger partial charge in [-0.3, -0.25) is 4.90 Å². The second kappa shape index (κ2) is 11.0. The molecule has 0 unspecified atom stereocenters. The first-order valence-corrected chi connectivity index (χ1v) is 9.22. The summed E-state index contributed by atoms with van der Waals surface area (Å²) < 4.78 is 11.0. The van der Waals surface area contributed by atoms with Gasteiger partial charge in [-0.05, 0) is 29.2 Å². The van der Waals surface area contributed by atoms with Crippen LogP contribution in [-0.2, 0) is 17.9 Å². The number of aliphatic hydroxyl groups excluding tert-OH is 1. The first-order chi connectivity index (χ1) is 12.6. The van der Waals surface area contributed by atoms with Gasteiger partial charge in [-0.2, -0.15) is 0 Å². The number of nitrogens with zero attached hydrogens (tertiary/aromatic N) is 1. The van der Waals surface area contributed by atoms with Crippen LogP contribution in [0.25, 0.3) is 0 Å². The lowest BCUT2D eigenvalue weighted by atomic mass is 10.1. The molecule has 0 radical (unpaired) electrons. The summed E-state index contributed by atoms with van der Waals surface area (Å²) >= 11 is 0. The number of aliphatic hydroxyl groups is 1. The molecule has 0 spiro atoms. The fraction of sp³-hybridized carbons (Fsp3) is 0.455. The van der Waals surface area contributed by atoms with Gasteiger partial charge in [-0.15, -0.1) is 0 Å². The van der Waals surface area contributed by atoms with Crippen LogP contribution in [0.4, 0.5) is 0 Å². The van der Waals surface area contributed by atoms with Crippen molar-refractivity contribution in [3.8, 4) is 5.75 Å². The van der Waals surface area contributed by atoms with Gasteiger partial charge in [0.1, 0.15) is 5.75 Å². The molecule has 1 atom stereocenters. The Balaban J connectivity index is 1.85. The standard InChI is InChI=1S/C22H31NO3/c1-18(2)13-23(14-20-10-7-11-22(12-20)25-3)15-21(24)17-26-16-19-8-5-4-6-9-19/h4-12,18,21,24H,13-17H2,1-3H3/t21-/m1/s1. The van der Waals surface area contributed by atoms with Gasteiger partial charge in [0.05, 0.1) is 26.4 Å². The van der Waals surface area contributed by atoms with E-state index in [9.17, 15) is 5.11 Å². The summed E-state index contributed by atoms with van der Waals surface area (Å²) in [6, 6.07) is 18.1. The minimum atomic E-state index is -0.511. The third-order valence-electron chi connectivity index (χ3n) is 4.05. The van der Waals surface area contributed by atoms with Gasteiger partial charge in [0.2, 0.25) is 0 Å². The van der Waals surface area contributed by atoms with E-state index >= 15 is 0 Å². The fourth-order valence-corrected chi connectivity index (χ4v) is 2.99. The number of methoxy groups -OCH3 is 1. The lowest BCUT2D eigenvalue weighted by Gasteiger charge is -2.27. The Morgan fingerprint density at radius 3 is 2.38 bits per heavy atom. The maximum absolute atomic E-state index is 10.4. The molecule has 4 heteroatoms. The van der Waals surface area contributed by atoms with Crippen molar-refractivity contribution in [2.75, 3.05) is 26.8 Å². The average Bonchev–Trinajstić information content (AvgIpc) is 2.62. The average molecular weight is 357 g/mol. The van der Waals surface area contributed by atoms with E-state index in [0.717, 1.165) is 24.4 Å². The molecule has 2 aromatic carbocycles.